The van der Waals surface area contributed by atoms with Crippen LogP contribution in [0.3, 0.4) is 0 Å². The van der Waals surface area contributed by atoms with Gasteiger partial charge in [-0.1, -0.05) is 6.07 Å². The molecule has 1 aliphatic rings. The summed E-state index contributed by atoms with van der Waals surface area (Å²) in [4.78, 5) is 34.4. The number of carbonyl (C=O) groups excluding carboxylic acids is 1. The monoisotopic (exact) mass is 718 g/mol. The summed E-state index contributed by atoms with van der Waals surface area (Å²) in [5.74, 6) is -0.394. The normalized spacial score (nSPS) is 16.8. The van der Waals surface area contributed by atoms with Gasteiger partial charge in [0.1, 0.15) is 41.1 Å². The molecule has 1 aliphatic heterocycles. The number of halogens is 4. The molecule has 1 saturated heterocycles. The van der Waals surface area contributed by atoms with Crippen LogP contribution in [-0.4, -0.2) is 98.0 Å². The summed E-state index contributed by atoms with van der Waals surface area (Å²) in [6.07, 6.45) is 2.56. The molecule has 3 atom stereocenters. The van der Waals surface area contributed by atoms with Crippen molar-refractivity contribution in [1.29, 1.82) is 0 Å². The van der Waals surface area contributed by atoms with Gasteiger partial charge < -0.3 is 29.2 Å². The fourth-order valence-corrected chi connectivity index (χ4v) is 6.88. The highest BCUT2D eigenvalue weighted by atomic mass is 35.5. The molecule has 0 radical (unpaired) electrons. The van der Waals surface area contributed by atoms with Crippen molar-refractivity contribution in [2.75, 3.05) is 44.5 Å². The Morgan fingerprint density at radius 3 is 2.65 bits per heavy atom. The molecule has 12 nitrogen and oxygen atoms in total. The van der Waals surface area contributed by atoms with E-state index in [2.05, 4.69) is 25.4 Å². The highest BCUT2D eigenvalue weighted by molar-refractivity contribution is 6.28. The third kappa shape index (κ3) is 6.71. The Morgan fingerprint density at radius 2 is 1.90 bits per heavy atom. The Morgan fingerprint density at radius 1 is 1.08 bits per heavy atom. The number of imidazole rings is 1. The number of fused-ring (bicyclic) bond motifs is 2. The maximum atomic E-state index is 15.0. The molecule has 1 fully saturated rings. The van der Waals surface area contributed by atoms with Crippen LogP contribution in [-0.2, 0) is 16.1 Å². The zero-order valence-corrected chi connectivity index (χ0v) is 28.9. The minimum atomic E-state index is -0.829. The number of aromatic nitrogens is 7. The van der Waals surface area contributed by atoms with Crippen molar-refractivity contribution < 1.29 is 22.7 Å². The van der Waals surface area contributed by atoms with E-state index in [0.717, 1.165) is 29.8 Å². The topological polar surface area (TPSA) is 119 Å². The first-order chi connectivity index (χ1) is 24.5. The van der Waals surface area contributed by atoms with Crippen LogP contribution < -0.4 is 10.2 Å². The van der Waals surface area contributed by atoms with E-state index < -0.39 is 23.5 Å². The number of aldehydes is 1. The van der Waals surface area contributed by atoms with E-state index in [9.17, 15) is 18.0 Å². The molecule has 0 spiro atoms. The zero-order valence-electron chi connectivity index (χ0n) is 28.2. The average molecular weight is 719 g/mol. The minimum Gasteiger partial charge on any atom is -0.378 e. The Labute approximate surface area is 295 Å². The molecular formula is C35H34ClF3N10O2. The van der Waals surface area contributed by atoms with Gasteiger partial charge in [0.2, 0.25) is 5.28 Å². The molecule has 0 aliphatic carbocycles. The number of likely N-dealkylation sites (N-methyl/N-ethyl adjacent to an activating group) is 1. The summed E-state index contributed by atoms with van der Waals surface area (Å²) >= 11 is 6.34. The van der Waals surface area contributed by atoms with Crippen molar-refractivity contribution in [2.45, 2.75) is 38.1 Å². The standard InChI is InChI=1S/C35H34ClF3N10O2/c1-19-41-29-12-21(38)10-25(32(29)47(19)17-24(51-4)16-46(2)3)28-6-5-7-31(43-28)42-22-13-23(18-50)48(15-22)33-26-14-40-49(34(26)45-35(36)44-33)30-9-8-20(37)11-27(30)39/h5-12,14,18,22-24H,13,15-17H2,1-4H3,(H,42,43). The number of benzene rings is 2. The lowest BCUT2D eigenvalue weighted by molar-refractivity contribution is -0.108. The SMILES string of the molecule is COC(CN(C)C)Cn1c(C)nc2cc(F)cc(-c3cccc(NC4CC(C=O)N(c5nc(Cl)nc6c5cnn6-c5ccc(F)cc5F)C4)n3)c21. The summed E-state index contributed by atoms with van der Waals surface area (Å²) < 4.78 is 52.3. The van der Waals surface area contributed by atoms with Gasteiger partial charge in [0.25, 0.3) is 0 Å². The van der Waals surface area contributed by atoms with Crippen LogP contribution in [0, 0.1) is 24.4 Å². The first-order valence-corrected chi connectivity index (χ1v) is 16.6. The lowest BCUT2D eigenvalue weighted by Crippen LogP contribution is -2.32. The van der Waals surface area contributed by atoms with Crippen molar-refractivity contribution in [2.24, 2.45) is 0 Å². The Hall–Kier alpha value is -5.12. The Kier molecular flexibility index (Phi) is 9.35. The first-order valence-electron chi connectivity index (χ1n) is 16.2. The molecule has 2 aromatic carbocycles. The number of pyridine rings is 1. The lowest BCUT2D eigenvalue weighted by atomic mass is 10.1. The fraction of sp³-hybridized carbons (Fsp3) is 0.314. The van der Waals surface area contributed by atoms with Gasteiger partial charge in [-0.2, -0.15) is 15.1 Å². The highest BCUT2D eigenvalue weighted by Gasteiger charge is 2.35. The molecular weight excluding hydrogens is 685 g/mol. The number of carbonyl (C=O) groups is 1. The van der Waals surface area contributed by atoms with E-state index in [1.165, 1.54) is 29.1 Å². The van der Waals surface area contributed by atoms with Gasteiger partial charge in [-0.15, -0.1) is 0 Å². The second kappa shape index (κ2) is 13.9. The maximum Gasteiger partial charge on any atom is 0.226 e. The second-order valence-electron chi connectivity index (χ2n) is 12.8. The van der Waals surface area contributed by atoms with Crippen LogP contribution >= 0.6 is 11.6 Å². The van der Waals surface area contributed by atoms with Gasteiger partial charge in [0, 0.05) is 43.9 Å². The van der Waals surface area contributed by atoms with E-state index in [-0.39, 0.29) is 28.8 Å². The molecule has 0 saturated carbocycles. The van der Waals surface area contributed by atoms with Gasteiger partial charge >= 0.3 is 0 Å². The number of ether oxygens (including phenoxy) is 1. The van der Waals surface area contributed by atoms with Crippen LogP contribution in [0.1, 0.15) is 12.2 Å². The number of hydrogen-bond donors (Lipinski definition) is 1. The Bertz CT molecular complexity index is 2260. The molecule has 4 aromatic heterocycles. The molecule has 0 amide bonds. The van der Waals surface area contributed by atoms with E-state index in [1.807, 2.05) is 42.6 Å². The second-order valence-corrected chi connectivity index (χ2v) is 13.1. The van der Waals surface area contributed by atoms with Crippen LogP contribution in [0.25, 0.3) is 39.0 Å². The molecule has 51 heavy (non-hydrogen) atoms. The third-order valence-corrected chi connectivity index (χ3v) is 9.12. The maximum absolute atomic E-state index is 15.0. The summed E-state index contributed by atoms with van der Waals surface area (Å²) in [5.41, 5.74) is 2.56. The number of rotatable bonds is 11. The van der Waals surface area contributed by atoms with Crippen molar-refractivity contribution in [3.05, 3.63) is 83.3 Å². The minimum absolute atomic E-state index is 0.0214. The summed E-state index contributed by atoms with van der Waals surface area (Å²) in [6, 6.07) is 10.6. The molecule has 6 aromatic rings. The van der Waals surface area contributed by atoms with Crippen molar-refractivity contribution in [3.8, 4) is 16.9 Å². The van der Waals surface area contributed by atoms with E-state index >= 15 is 0 Å². The van der Waals surface area contributed by atoms with E-state index in [1.54, 1.807) is 18.1 Å². The zero-order chi connectivity index (χ0) is 36.0. The Balaban J connectivity index is 1.19. The largest absolute Gasteiger partial charge is 0.378 e. The van der Waals surface area contributed by atoms with Crippen LogP contribution in [0.4, 0.5) is 24.8 Å². The summed E-state index contributed by atoms with van der Waals surface area (Å²) in [6.45, 7) is 3.41. The van der Waals surface area contributed by atoms with Gasteiger partial charge in [0.15, 0.2) is 11.5 Å². The van der Waals surface area contributed by atoms with Gasteiger partial charge in [-0.3, -0.25) is 0 Å². The number of methoxy groups -OCH3 is 1. The number of nitrogens with one attached hydrogen (secondary N) is 1. The molecule has 5 heterocycles. The number of hydrogen-bond acceptors (Lipinski definition) is 10. The van der Waals surface area contributed by atoms with Gasteiger partial charge in [0.05, 0.1) is 47.0 Å². The van der Waals surface area contributed by atoms with Crippen molar-refractivity contribution in [3.63, 3.8) is 0 Å². The third-order valence-electron chi connectivity index (χ3n) is 8.95. The quantitative estimate of drug-likeness (QED) is 0.137. The lowest BCUT2D eigenvalue weighted by Gasteiger charge is -2.22. The predicted molar refractivity (Wildman–Crippen MR) is 188 cm³/mol. The number of nitrogens with zero attached hydrogens (tertiary/aromatic N) is 9. The molecule has 1 N–H and O–H groups in total. The molecule has 3 unspecified atom stereocenters. The number of anilines is 2. The molecule has 0 bridgehead atoms. The number of aryl methyl sites for hydroxylation is 1. The summed E-state index contributed by atoms with van der Waals surface area (Å²) in [5, 5.41) is 8.01. The van der Waals surface area contributed by atoms with Crippen molar-refractivity contribution >= 4 is 51.6 Å². The molecule has 16 heteroatoms. The fourth-order valence-electron chi connectivity index (χ4n) is 6.72. The molecule has 7 rings (SSSR count). The highest BCUT2D eigenvalue weighted by Crippen LogP contribution is 2.34. The smallest absolute Gasteiger partial charge is 0.226 e. The van der Waals surface area contributed by atoms with Crippen molar-refractivity contribution in [1.82, 2.24) is 39.2 Å². The van der Waals surface area contributed by atoms with Gasteiger partial charge in [-0.25, -0.2) is 27.8 Å². The molecule has 264 valence electrons. The van der Waals surface area contributed by atoms with E-state index in [0.29, 0.717) is 59.9 Å². The van der Waals surface area contributed by atoms with E-state index in [4.69, 9.17) is 21.3 Å². The average Bonchev–Trinajstić information content (AvgIpc) is 3.78. The first kappa shape index (κ1) is 34.3. The predicted octanol–water partition coefficient (Wildman–Crippen LogP) is 5.44. The van der Waals surface area contributed by atoms with Gasteiger partial charge in [-0.05, 0) is 69.4 Å². The summed E-state index contributed by atoms with van der Waals surface area (Å²) in [7, 11) is 5.62. The van der Waals surface area contributed by atoms with Crippen LogP contribution in [0.5, 0.6) is 0 Å². The van der Waals surface area contributed by atoms with Crippen LogP contribution in [0.15, 0.2) is 54.7 Å². The van der Waals surface area contributed by atoms with Crippen LogP contribution in [0.2, 0.25) is 5.28 Å².